The Morgan fingerprint density at radius 3 is 2.19 bits per heavy atom. The van der Waals surface area contributed by atoms with Crippen molar-refractivity contribution in [2.24, 2.45) is 5.41 Å². The lowest BCUT2D eigenvalue weighted by atomic mass is 9.63. The lowest BCUT2D eigenvalue weighted by Gasteiger charge is -2.39. The molecule has 2 aromatic rings. The maximum Gasteiger partial charge on any atom is 0.251 e. The molecule has 2 unspecified atom stereocenters. The molecule has 0 radical (unpaired) electrons. The Balaban J connectivity index is 1.66. The van der Waals surface area contributed by atoms with Crippen molar-refractivity contribution in [2.45, 2.75) is 50.9 Å². The smallest absolute Gasteiger partial charge is 0.251 e. The first-order chi connectivity index (χ1) is 14.7. The molecule has 2 aliphatic rings. The van der Waals surface area contributed by atoms with Gasteiger partial charge in [-0.25, -0.2) is 9.97 Å². The first-order valence-corrected chi connectivity index (χ1v) is 10.1. The highest BCUT2D eigenvalue weighted by Gasteiger charge is 2.73. The number of fused-ring (bicyclic) bond motifs is 5. The second-order valence-corrected chi connectivity index (χ2v) is 8.87. The molecule has 2 amide bonds. The van der Waals surface area contributed by atoms with Gasteiger partial charge in [-0.05, 0) is 23.8 Å². The lowest BCUT2D eigenvalue weighted by Crippen LogP contribution is -2.56. The van der Waals surface area contributed by atoms with Crippen LogP contribution in [0.25, 0.3) is 0 Å². The number of nitrogens with one attached hydrogen (secondary N) is 2. The molecule has 0 spiro atoms. The van der Waals surface area contributed by atoms with Crippen LogP contribution in [0.4, 0.5) is 0 Å². The molecule has 1 aromatic carbocycles. The number of hydrazine groups is 1. The predicted octanol–water partition coefficient (Wildman–Crippen LogP) is 1.94. The molecule has 31 heavy (non-hydrogen) atoms. The van der Waals surface area contributed by atoms with Crippen LogP contribution in [-0.4, -0.2) is 21.8 Å². The molecule has 8 heteroatoms. The number of carbonyl (C=O) groups is 2. The van der Waals surface area contributed by atoms with Gasteiger partial charge in [-0.15, -0.1) is 0 Å². The molecule has 2 bridgehead atoms. The molecule has 0 saturated heterocycles. The van der Waals surface area contributed by atoms with Gasteiger partial charge < -0.3 is 0 Å². The zero-order valence-electron chi connectivity index (χ0n) is 17.6. The number of hydrogen-bond donors (Lipinski definition) is 2. The predicted molar refractivity (Wildman–Crippen MR) is 110 cm³/mol. The molecule has 2 aliphatic carbocycles. The van der Waals surface area contributed by atoms with Gasteiger partial charge in [0.2, 0.25) is 5.91 Å². The Labute approximate surface area is 180 Å². The van der Waals surface area contributed by atoms with E-state index < -0.39 is 16.2 Å². The third-order valence-electron chi connectivity index (χ3n) is 7.39. The number of hydrogen-bond acceptors (Lipinski definition) is 6. The average Bonchev–Trinajstić information content (AvgIpc) is 3.06. The number of amides is 2. The van der Waals surface area contributed by atoms with E-state index in [1.54, 1.807) is 0 Å². The van der Waals surface area contributed by atoms with E-state index >= 15 is 0 Å². The number of benzene rings is 1. The van der Waals surface area contributed by atoms with E-state index in [1.165, 1.54) is 0 Å². The summed E-state index contributed by atoms with van der Waals surface area (Å²) in [4.78, 5) is 34.8. The van der Waals surface area contributed by atoms with Crippen LogP contribution in [0.15, 0.2) is 30.3 Å². The summed E-state index contributed by atoms with van der Waals surface area (Å²) in [6, 6.07) is 13.1. The molecule has 8 nitrogen and oxygen atoms in total. The second kappa shape index (κ2) is 6.88. The van der Waals surface area contributed by atoms with Crippen LogP contribution in [-0.2, 0) is 26.8 Å². The molecule has 1 heterocycles. The summed E-state index contributed by atoms with van der Waals surface area (Å²) in [6.45, 7) is 5.98. The Morgan fingerprint density at radius 2 is 1.58 bits per heavy atom. The molecule has 0 aliphatic heterocycles. The second-order valence-electron chi connectivity index (χ2n) is 8.87. The SMILES string of the molecule is CC12CCC(C(=O)NNC(=O)Cc3ccccc3)(c3nc(C#N)c(C#N)nc31)C2(C)C. The first kappa shape index (κ1) is 20.5. The summed E-state index contributed by atoms with van der Waals surface area (Å²) >= 11 is 0. The summed E-state index contributed by atoms with van der Waals surface area (Å²) in [5.41, 5.74) is 4.70. The highest BCUT2D eigenvalue weighted by Crippen LogP contribution is 2.70. The summed E-state index contributed by atoms with van der Waals surface area (Å²) in [7, 11) is 0. The van der Waals surface area contributed by atoms with Crippen molar-refractivity contribution in [1.29, 1.82) is 10.5 Å². The first-order valence-electron chi connectivity index (χ1n) is 10.1. The van der Waals surface area contributed by atoms with Gasteiger partial charge in [0, 0.05) is 5.41 Å². The Morgan fingerprint density at radius 1 is 0.968 bits per heavy atom. The van der Waals surface area contributed by atoms with Gasteiger partial charge in [-0.3, -0.25) is 20.4 Å². The van der Waals surface area contributed by atoms with Crippen molar-refractivity contribution in [3.63, 3.8) is 0 Å². The van der Waals surface area contributed by atoms with E-state index in [-0.39, 0.29) is 29.6 Å². The van der Waals surface area contributed by atoms with Gasteiger partial charge in [0.05, 0.1) is 17.8 Å². The van der Waals surface area contributed by atoms with Gasteiger partial charge >= 0.3 is 0 Å². The van der Waals surface area contributed by atoms with E-state index in [9.17, 15) is 20.1 Å². The fraction of sp³-hybridized carbons (Fsp3) is 0.391. The summed E-state index contributed by atoms with van der Waals surface area (Å²) in [6.07, 6.45) is 1.33. The molecular formula is C23H22N6O2. The van der Waals surface area contributed by atoms with E-state index in [2.05, 4.69) is 20.8 Å². The minimum atomic E-state index is -1.07. The van der Waals surface area contributed by atoms with Crippen LogP contribution in [0.2, 0.25) is 0 Å². The number of nitriles is 2. The highest BCUT2D eigenvalue weighted by atomic mass is 16.2. The Kier molecular flexibility index (Phi) is 4.55. The van der Waals surface area contributed by atoms with Crippen molar-refractivity contribution < 1.29 is 9.59 Å². The standard InChI is InChI=1S/C23H22N6O2/c1-21(2)22(3)9-10-23(21,19-18(22)26-15(12-24)16(13-25)27-19)20(31)29-28-17(30)11-14-7-5-4-6-8-14/h4-8H,9-11H2,1-3H3,(H,28,30)(H,29,31). The van der Waals surface area contributed by atoms with Crippen molar-refractivity contribution >= 4 is 11.8 Å². The summed E-state index contributed by atoms with van der Waals surface area (Å²) < 4.78 is 0. The normalized spacial score (nSPS) is 24.5. The number of nitrogens with zero attached hydrogens (tertiary/aromatic N) is 4. The van der Waals surface area contributed by atoms with E-state index in [0.717, 1.165) is 5.56 Å². The van der Waals surface area contributed by atoms with Crippen LogP contribution in [0.3, 0.4) is 0 Å². The van der Waals surface area contributed by atoms with Crippen molar-refractivity contribution in [3.05, 3.63) is 58.7 Å². The third kappa shape index (κ3) is 2.65. The van der Waals surface area contributed by atoms with Crippen LogP contribution in [0.1, 0.15) is 62.0 Å². The monoisotopic (exact) mass is 414 g/mol. The zero-order valence-corrected chi connectivity index (χ0v) is 17.6. The van der Waals surface area contributed by atoms with Crippen molar-refractivity contribution in [3.8, 4) is 12.1 Å². The molecule has 2 atom stereocenters. The topological polar surface area (TPSA) is 132 Å². The zero-order chi connectivity index (χ0) is 22.4. The van der Waals surface area contributed by atoms with E-state index in [0.29, 0.717) is 24.2 Å². The summed E-state index contributed by atoms with van der Waals surface area (Å²) in [5.74, 6) is -0.722. The molecule has 156 valence electrons. The lowest BCUT2D eigenvalue weighted by molar-refractivity contribution is -0.135. The minimum Gasteiger partial charge on any atom is -0.273 e. The maximum absolute atomic E-state index is 13.5. The summed E-state index contributed by atoms with van der Waals surface area (Å²) in [5, 5.41) is 18.8. The molecular weight excluding hydrogens is 392 g/mol. The van der Waals surface area contributed by atoms with Crippen LogP contribution in [0.5, 0.6) is 0 Å². The minimum absolute atomic E-state index is 0.0300. The van der Waals surface area contributed by atoms with Gasteiger partial charge in [-0.2, -0.15) is 10.5 Å². The molecule has 2 N–H and O–H groups in total. The van der Waals surface area contributed by atoms with Crippen molar-refractivity contribution in [2.75, 3.05) is 0 Å². The van der Waals surface area contributed by atoms with Gasteiger partial charge in [0.1, 0.15) is 17.6 Å². The maximum atomic E-state index is 13.5. The average molecular weight is 414 g/mol. The van der Waals surface area contributed by atoms with Crippen molar-refractivity contribution in [1.82, 2.24) is 20.8 Å². The Hall–Kier alpha value is -3.78. The van der Waals surface area contributed by atoms with E-state index in [1.807, 2.05) is 63.2 Å². The quantitative estimate of drug-likeness (QED) is 0.738. The van der Waals surface area contributed by atoms with Crippen LogP contribution < -0.4 is 10.9 Å². The van der Waals surface area contributed by atoms with Gasteiger partial charge in [0.25, 0.3) is 5.91 Å². The van der Waals surface area contributed by atoms with Gasteiger partial charge in [-0.1, -0.05) is 51.1 Å². The fourth-order valence-electron chi connectivity index (χ4n) is 5.20. The molecule has 1 saturated carbocycles. The molecule has 4 rings (SSSR count). The van der Waals surface area contributed by atoms with Gasteiger partial charge in [0.15, 0.2) is 11.4 Å². The molecule has 1 aromatic heterocycles. The Bertz CT molecular complexity index is 1180. The molecule has 1 fully saturated rings. The fourth-order valence-corrected chi connectivity index (χ4v) is 5.20. The number of carbonyl (C=O) groups excluding carboxylic acids is 2. The number of rotatable bonds is 3. The van der Waals surface area contributed by atoms with Crippen LogP contribution in [0, 0.1) is 28.1 Å². The third-order valence-corrected chi connectivity index (χ3v) is 7.39. The van der Waals surface area contributed by atoms with E-state index in [4.69, 9.17) is 0 Å². The van der Waals surface area contributed by atoms with Crippen LogP contribution >= 0.6 is 0 Å². The largest absolute Gasteiger partial charge is 0.273 e. The number of aromatic nitrogens is 2. The highest BCUT2D eigenvalue weighted by molar-refractivity contribution is 5.93.